The molecule has 0 aliphatic heterocycles. The van der Waals surface area contributed by atoms with Crippen LogP contribution in [0.3, 0.4) is 0 Å². The van der Waals surface area contributed by atoms with Crippen LogP contribution >= 0.6 is 0 Å². The predicted octanol–water partition coefficient (Wildman–Crippen LogP) is 6.76. The van der Waals surface area contributed by atoms with Gasteiger partial charge in [0.15, 0.2) is 0 Å². The summed E-state index contributed by atoms with van der Waals surface area (Å²) in [6.07, 6.45) is -5.60. The normalized spacial score (nSPS) is 13.0. The van der Waals surface area contributed by atoms with Gasteiger partial charge in [-0.3, -0.25) is 0 Å². The molecule has 0 saturated carbocycles. The molecule has 0 aromatic rings. The van der Waals surface area contributed by atoms with E-state index in [1.165, 1.54) is 0 Å². The van der Waals surface area contributed by atoms with Crippen molar-refractivity contribution in [3.8, 4) is 0 Å². The minimum atomic E-state index is -4.24. The number of hydrogen-bond donors (Lipinski definition) is 0. The molecule has 0 N–H and O–H groups in total. The van der Waals surface area contributed by atoms with E-state index >= 15 is 0 Å². The van der Waals surface area contributed by atoms with Gasteiger partial charge in [0.25, 0.3) is 0 Å². The number of aliphatic imine (C=N–C) groups is 2. The van der Waals surface area contributed by atoms with E-state index in [0.717, 1.165) is 0 Å². The predicted molar refractivity (Wildman–Crippen MR) is 103 cm³/mol. The van der Waals surface area contributed by atoms with E-state index in [0.29, 0.717) is 18.7 Å². The maximum atomic E-state index is 11.8. The Morgan fingerprint density at radius 2 is 1.10 bits per heavy atom. The van der Waals surface area contributed by atoms with Gasteiger partial charge in [-0.2, -0.15) is 13.2 Å². The van der Waals surface area contributed by atoms with Gasteiger partial charge in [-0.15, -0.1) is 0 Å². The van der Waals surface area contributed by atoms with Crippen molar-refractivity contribution >= 4 is 11.7 Å². The summed E-state index contributed by atoms with van der Waals surface area (Å²) in [6.45, 7) is 13.2. The van der Waals surface area contributed by atoms with Crippen molar-refractivity contribution in [3.63, 3.8) is 0 Å². The fourth-order valence-electron chi connectivity index (χ4n) is 1.58. The molecule has 0 heterocycles. The van der Waals surface area contributed by atoms with Crippen molar-refractivity contribution in [1.82, 2.24) is 0 Å². The zero-order valence-electron chi connectivity index (χ0n) is 18.2. The van der Waals surface area contributed by atoms with E-state index in [1.807, 2.05) is 48.5 Å². The molecule has 0 aliphatic carbocycles. The SMILES string of the molecule is CCC(=NC(C)(C)C)[N-]CC(F)(F)F.CCC(=NC(C)(C)C)[N-]CC(F)F.[Cu+].[Cu+]. The molecule has 0 saturated heterocycles. The van der Waals surface area contributed by atoms with Crippen LogP contribution < -0.4 is 0 Å². The van der Waals surface area contributed by atoms with Gasteiger partial charge in [0.05, 0.1) is 0 Å². The van der Waals surface area contributed by atoms with E-state index in [-0.39, 0.29) is 51.1 Å². The molecule has 0 bridgehead atoms. The standard InChI is InChI=1S/C9H16F3N2.C9H17F2N2.2Cu/c1-5-7(14-8(2,3)4)13-6-9(10,11)12;1-5-8(12-6-7(10)11)13-9(2,3)4;;/h5-6H2,1-4H3;7H,5-6H2,1-4H3;;/q2*-1;2*+1. The number of hydrogen-bond acceptors (Lipinski definition) is 2. The van der Waals surface area contributed by atoms with Crippen molar-refractivity contribution in [2.75, 3.05) is 13.1 Å². The van der Waals surface area contributed by atoms with Gasteiger partial charge in [0.1, 0.15) is 0 Å². The second-order valence-corrected chi connectivity index (χ2v) is 7.77. The van der Waals surface area contributed by atoms with E-state index in [1.54, 1.807) is 6.92 Å². The summed E-state index contributed by atoms with van der Waals surface area (Å²) in [5.74, 6) is 0.794. The van der Waals surface area contributed by atoms with Gasteiger partial charge in [-0.05, 0) is 23.9 Å². The van der Waals surface area contributed by atoms with Crippen LogP contribution in [0.25, 0.3) is 10.6 Å². The number of rotatable bonds is 5. The molecule has 0 atom stereocenters. The smallest absolute Gasteiger partial charge is 0.464 e. The minimum absolute atomic E-state index is 0. The van der Waals surface area contributed by atoms with Gasteiger partial charge in [0, 0.05) is 13.1 Å². The van der Waals surface area contributed by atoms with Crippen LogP contribution in [0.4, 0.5) is 22.0 Å². The first-order valence-corrected chi connectivity index (χ1v) is 8.86. The molecule has 0 rings (SSSR count). The number of alkyl halides is 5. The third kappa shape index (κ3) is 29.9. The Morgan fingerprint density at radius 3 is 1.34 bits per heavy atom. The molecule has 11 heteroatoms. The molecule has 0 radical (unpaired) electrons. The monoisotopic (exact) mass is 526 g/mol. The molecule has 4 nitrogen and oxygen atoms in total. The second kappa shape index (κ2) is 16.3. The van der Waals surface area contributed by atoms with Gasteiger partial charge in [-0.25, -0.2) is 8.78 Å². The Bertz CT molecular complexity index is 468. The molecule has 0 unspecified atom stereocenters. The number of amidine groups is 2. The molecule has 0 amide bonds. The largest absolute Gasteiger partial charge is 1.00 e. The van der Waals surface area contributed by atoms with E-state index in [9.17, 15) is 22.0 Å². The van der Waals surface area contributed by atoms with Gasteiger partial charge in [-0.1, -0.05) is 67.1 Å². The molecule has 29 heavy (non-hydrogen) atoms. The molecule has 0 aliphatic rings. The molecule has 182 valence electrons. The Balaban J connectivity index is -0.000000202. The molecular weight excluding hydrogens is 494 g/mol. The molecule has 0 spiro atoms. The Hall–Kier alpha value is -0.371. The van der Waals surface area contributed by atoms with Crippen molar-refractivity contribution in [1.29, 1.82) is 0 Å². The average molecular weight is 528 g/mol. The summed E-state index contributed by atoms with van der Waals surface area (Å²) < 4.78 is 59.1. The maximum absolute atomic E-state index is 11.8. The summed E-state index contributed by atoms with van der Waals surface area (Å²) in [6, 6.07) is 0. The van der Waals surface area contributed by atoms with Crippen LogP contribution in [0.5, 0.6) is 0 Å². The molecule has 0 fully saturated rings. The molecule has 0 aromatic heterocycles. The molecular formula is C18H33Cu2F5N4. The fraction of sp³-hybridized carbons (Fsp3) is 0.889. The Kier molecular flexibility index (Phi) is 20.3. The van der Waals surface area contributed by atoms with Crippen LogP contribution in [0.15, 0.2) is 9.98 Å². The third-order valence-corrected chi connectivity index (χ3v) is 2.41. The molecule has 0 aromatic carbocycles. The van der Waals surface area contributed by atoms with E-state index < -0.39 is 25.7 Å². The van der Waals surface area contributed by atoms with Crippen molar-refractivity contribution in [3.05, 3.63) is 10.6 Å². The first kappa shape index (κ1) is 36.0. The topological polar surface area (TPSA) is 52.9 Å². The van der Waals surface area contributed by atoms with Crippen molar-refractivity contribution < 1.29 is 56.1 Å². The second-order valence-electron chi connectivity index (χ2n) is 7.77. The van der Waals surface area contributed by atoms with Crippen LogP contribution in [0, 0.1) is 0 Å². The van der Waals surface area contributed by atoms with Gasteiger partial charge < -0.3 is 20.6 Å². The van der Waals surface area contributed by atoms with Gasteiger partial charge in [0.2, 0.25) is 6.43 Å². The fourth-order valence-corrected chi connectivity index (χ4v) is 1.58. The number of halogens is 5. The van der Waals surface area contributed by atoms with Crippen LogP contribution in [0.1, 0.15) is 68.2 Å². The third-order valence-electron chi connectivity index (χ3n) is 2.41. The van der Waals surface area contributed by atoms with Crippen LogP contribution in [-0.4, -0.2) is 48.4 Å². The van der Waals surface area contributed by atoms with E-state index in [2.05, 4.69) is 20.6 Å². The minimum Gasteiger partial charge on any atom is -0.464 e. The zero-order valence-corrected chi connectivity index (χ0v) is 20.1. The quantitative estimate of drug-likeness (QED) is 0.164. The Morgan fingerprint density at radius 1 is 0.759 bits per heavy atom. The van der Waals surface area contributed by atoms with Crippen molar-refractivity contribution in [2.45, 2.75) is 91.9 Å². The Labute approximate surface area is 193 Å². The maximum Gasteiger partial charge on any atom is 1.00 e. The van der Waals surface area contributed by atoms with Crippen LogP contribution in [0.2, 0.25) is 0 Å². The summed E-state index contributed by atoms with van der Waals surface area (Å²) in [4.78, 5) is 8.30. The first-order valence-electron chi connectivity index (χ1n) is 8.86. The summed E-state index contributed by atoms with van der Waals surface area (Å²) >= 11 is 0. The summed E-state index contributed by atoms with van der Waals surface area (Å²) in [5, 5.41) is 7.15. The first-order chi connectivity index (χ1) is 12.0. The van der Waals surface area contributed by atoms with Gasteiger partial charge >= 0.3 is 40.3 Å². The zero-order chi connectivity index (χ0) is 21.9. The average Bonchev–Trinajstić information content (AvgIpc) is 2.45. The summed E-state index contributed by atoms with van der Waals surface area (Å²) in [5.41, 5.74) is -0.614. The van der Waals surface area contributed by atoms with E-state index in [4.69, 9.17) is 0 Å². The number of nitrogens with zero attached hydrogens (tertiary/aromatic N) is 4. The summed E-state index contributed by atoms with van der Waals surface area (Å²) in [7, 11) is 0. The van der Waals surface area contributed by atoms with Crippen LogP contribution in [-0.2, 0) is 34.1 Å². The van der Waals surface area contributed by atoms with Crippen molar-refractivity contribution in [2.24, 2.45) is 9.98 Å².